The SMILES string of the molecule is CC1CCCC(CC(=O)N(C)CCCC(=O)O)C1. The fourth-order valence-electron chi connectivity index (χ4n) is 2.74. The van der Waals surface area contributed by atoms with Gasteiger partial charge in [-0.3, -0.25) is 9.59 Å². The first-order chi connectivity index (χ1) is 8.49. The van der Waals surface area contributed by atoms with Gasteiger partial charge >= 0.3 is 5.97 Å². The molecule has 0 aromatic heterocycles. The molecule has 1 amide bonds. The smallest absolute Gasteiger partial charge is 0.303 e. The summed E-state index contributed by atoms with van der Waals surface area (Å²) in [6.07, 6.45) is 6.17. The van der Waals surface area contributed by atoms with Crippen LogP contribution in [0, 0.1) is 11.8 Å². The summed E-state index contributed by atoms with van der Waals surface area (Å²) in [5.74, 6) is 0.647. The van der Waals surface area contributed by atoms with Crippen molar-refractivity contribution < 1.29 is 14.7 Å². The Hall–Kier alpha value is -1.06. The normalized spacial score (nSPS) is 23.7. The summed E-state index contributed by atoms with van der Waals surface area (Å²) in [4.78, 5) is 24.1. The second-order valence-corrected chi connectivity index (χ2v) is 5.65. The Labute approximate surface area is 109 Å². The van der Waals surface area contributed by atoms with Crippen LogP contribution in [0.1, 0.15) is 51.9 Å². The van der Waals surface area contributed by atoms with Crippen molar-refractivity contribution in [2.45, 2.75) is 51.9 Å². The zero-order chi connectivity index (χ0) is 13.5. The third-order valence-corrected chi connectivity index (χ3v) is 3.82. The molecule has 0 saturated heterocycles. The lowest BCUT2D eigenvalue weighted by Crippen LogP contribution is -2.30. The van der Waals surface area contributed by atoms with E-state index < -0.39 is 5.97 Å². The number of carbonyl (C=O) groups excluding carboxylic acids is 1. The molecule has 0 bridgehead atoms. The van der Waals surface area contributed by atoms with Gasteiger partial charge in [0.05, 0.1) is 0 Å². The van der Waals surface area contributed by atoms with Crippen LogP contribution in [0.4, 0.5) is 0 Å². The summed E-state index contributed by atoms with van der Waals surface area (Å²) < 4.78 is 0. The zero-order valence-electron chi connectivity index (χ0n) is 11.5. The lowest BCUT2D eigenvalue weighted by atomic mass is 9.80. The van der Waals surface area contributed by atoms with Crippen molar-refractivity contribution in [3.05, 3.63) is 0 Å². The molecule has 0 aromatic rings. The summed E-state index contributed by atoms with van der Waals surface area (Å²) in [6, 6.07) is 0. The van der Waals surface area contributed by atoms with Crippen molar-refractivity contribution >= 4 is 11.9 Å². The van der Waals surface area contributed by atoms with Gasteiger partial charge in [0.15, 0.2) is 0 Å². The number of carboxylic acids is 1. The molecule has 1 fully saturated rings. The average molecular weight is 255 g/mol. The minimum absolute atomic E-state index is 0.137. The van der Waals surface area contributed by atoms with Crippen molar-refractivity contribution in [3.8, 4) is 0 Å². The van der Waals surface area contributed by atoms with Crippen molar-refractivity contribution in [3.63, 3.8) is 0 Å². The number of aliphatic carboxylic acids is 1. The molecule has 2 unspecified atom stereocenters. The van der Waals surface area contributed by atoms with Crippen molar-refractivity contribution in [2.24, 2.45) is 11.8 Å². The van der Waals surface area contributed by atoms with Gasteiger partial charge in [-0.1, -0.05) is 19.8 Å². The molecule has 0 aliphatic heterocycles. The van der Waals surface area contributed by atoms with E-state index in [9.17, 15) is 9.59 Å². The Balaban J connectivity index is 2.24. The second-order valence-electron chi connectivity index (χ2n) is 5.65. The van der Waals surface area contributed by atoms with Gasteiger partial charge in [0, 0.05) is 26.4 Å². The Kier molecular flexibility index (Phi) is 6.16. The van der Waals surface area contributed by atoms with E-state index in [1.807, 2.05) is 0 Å². The fraction of sp³-hybridized carbons (Fsp3) is 0.857. The zero-order valence-corrected chi connectivity index (χ0v) is 11.5. The maximum absolute atomic E-state index is 12.0. The highest BCUT2D eigenvalue weighted by Gasteiger charge is 2.22. The average Bonchev–Trinajstić information content (AvgIpc) is 2.28. The van der Waals surface area contributed by atoms with Gasteiger partial charge in [-0.2, -0.15) is 0 Å². The molecule has 0 heterocycles. The summed E-state index contributed by atoms with van der Waals surface area (Å²) in [7, 11) is 1.77. The first-order valence-electron chi connectivity index (χ1n) is 6.94. The van der Waals surface area contributed by atoms with Gasteiger partial charge in [0.2, 0.25) is 5.91 Å². The van der Waals surface area contributed by atoms with Gasteiger partial charge in [-0.25, -0.2) is 0 Å². The highest BCUT2D eigenvalue weighted by atomic mass is 16.4. The minimum Gasteiger partial charge on any atom is -0.481 e. The standard InChI is InChI=1S/C14H25NO3/c1-11-5-3-6-12(9-11)10-13(16)15(2)8-4-7-14(17)18/h11-12H,3-10H2,1-2H3,(H,17,18). The maximum atomic E-state index is 12.0. The van der Waals surface area contributed by atoms with Gasteiger partial charge in [-0.15, -0.1) is 0 Å². The van der Waals surface area contributed by atoms with E-state index in [2.05, 4.69) is 6.92 Å². The van der Waals surface area contributed by atoms with Crippen molar-refractivity contribution in [2.75, 3.05) is 13.6 Å². The summed E-state index contributed by atoms with van der Waals surface area (Å²) in [5.41, 5.74) is 0. The highest BCUT2D eigenvalue weighted by Crippen LogP contribution is 2.30. The predicted octanol–water partition coefficient (Wildman–Crippen LogP) is 2.53. The molecule has 1 rings (SSSR count). The molecule has 104 valence electrons. The van der Waals surface area contributed by atoms with E-state index in [0.717, 1.165) is 12.3 Å². The van der Waals surface area contributed by atoms with Crippen LogP contribution < -0.4 is 0 Å². The quantitative estimate of drug-likeness (QED) is 0.793. The largest absolute Gasteiger partial charge is 0.481 e. The van der Waals surface area contributed by atoms with E-state index in [4.69, 9.17) is 5.11 Å². The molecule has 2 atom stereocenters. The molecule has 18 heavy (non-hydrogen) atoms. The van der Waals surface area contributed by atoms with Crippen LogP contribution in [0.3, 0.4) is 0 Å². The topological polar surface area (TPSA) is 57.6 Å². The highest BCUT2D eigenvalue weighted by molar-refractivity contribution is 5.76. The number of carbonyl (C=O) groups is 2. The van der Waals surface area contributed by atoms with Crippen LogP contribution in [0.25, 0.3) is 0 Å². The minimum atomic E-state index is -0.794. The molecule has 4 heteroatoms. The number of hydrogen-bond acceptors (Lipinski definition) is 2. The molecule has 0 spiro atoms. The van der Waals surface area contributed by atoms with Crippen LogP contribution >= 0.6 is 0 Å². The molecular weight excluding hydrogens is 230 g/mol. The summed E-state index contributed by atoms with van der Waals surface area (Å²) in [5, 5.41) is 8.55. The molecule has 0 radical (unpaired) electrons. The van der Waals surface area contributed by atoms with Gasteiger partial charge < -0.3 is 10.0 Å². The van der Waals surface area contributed by atoms with Crippen LogP contribution in [-0.4, -0.2) is 35.5 Å². The Bertz CT molecular complexity index is 291. The van der Waals surface area contributed by atoms with Crippen LogP contribution in [0.2, 0.25) is 0 Å². The second kappa shape index (κ2) is 7.39. The Morgan fingerprint density at radius 3 is 2.67 bits per heavy atom. The number of carboxylic acid groups (broad SMARTS) is 1. The fourth-order valence-corrected chi connectivity index (χ4v) is 2.74. The van der Waals surface area contributed by atoms with Gasteiger partial charge in [-0.05, 0) is 31.1 Å². The first-order valence-corrected chi connectivity index (χ1v) is 6.94. The molecule has 0 aromatic carbocycles. The summed E-state index contributed by atoms with van der Waals surface area (Å²) in [6.45, 7) is 2.81. The molecule has 1 N–H and O–H groups in total. The van der Waals surface area contributed by atoms with E-state index in [0.29, 0.717) is 25.3 Å². The maximum Gasteiger partial charge on any atom is 0.303 e. The van der Waals surface area contributed by atoms with E-state index in [1.165, 1.54) is 19.3 Å². The lowest BCUT2D eigenvalue weighted by Gasteiger charge is -2.27. The van der Waals surface area contributed by atoms with Crippen LogP contribution in [0.5, 0.6) is 0 Å². The van der Waals surface area contributed by atoms with Crippen molar-refractivity contribution in [1.29, 1.82) is 0 Å². The van der Waals surface area contributed by atoms with Crippen molar-refractivity contribution in [1.82, 2.24) is 4.90 Å². The third kappa shape index (κ3) is 5.52. The Morgan fingerprint density at radius 1 is 1.33 bits per heavy atom. The number of hydrogen-bond donors (Lipinski definition) is 1. The van der Waals surface area contributed by atoms with E-state index in [1.54, 1.807) is 11.9 Å². The number of rotatable bonds is 6. The predicted molar refractivity (Wildman–Crippen MR) is 70.2 cm³/mol. The monoisotopic (exact) mass is 255 g/mol. The molecule has 1 aliphatic rings. The van der Waals surface area contributed by atoms with Crippen LogP contribution in [-0.2, 0) is 9.59 Å². The summed E-state index contributed by atoms with van der Waals surface area (Å²) >= 11 is 0. The number of nitrogens with zero attached hydrogens (tertiary/aromatic N) is 1. The molecule has 1 saturated carbocycles. The number of amides is 1. The lowest BCUT2D eigenvalue weighted by molar-refractivity contribution is -0.138. The van der Waals surface area contributed by atoms with E-state index in [-0.39, 0.29) is 12.3 Å². The first kappa shape index (κ1) is 15.0. The van der Waals surface area contributed by atoms with Gasteiger partial charge in [0.25, 0.3) is 0 Å². The van der Waals surface area contributed by atoms with Gasteiger partial charge in [0.1, 0.15) is 0 Å². The third-order valence-electron chi connectivity index (χ3n) is 3.82. The van der Waals surface area contributed by atoms with E-state index >= 15 is 0 Å². The molecule has 1 aliphatic carbocycles. The molecular formula is C14H25NO3. The molecule has 4 nitrogen and oxygen atoms in total. The van der Waals surface area contributed by atoms with Crippen LogP contribution in [0.15, 0.2) is 0 Å². The Morgan fingerprint density at radius 2 is 2.06 bits per heavy atom.